The number of likely N-dealkylation sites (tertiary alicyclic amines) is 1. The molecule has 1 fully saturated rings. The maximum Gasteiger partial charge on any atom is 0.255 e. The largest absolute Gasteiger partial charge is 0.467 e. The van der Waals surface area contributed by atoms with Crippen molar-refractivity contribution in [2.75, 3.05) is 25.5 Å². The van der Waals surface area contributed by atoms with Crippen molar-refractivity contribution >= 4 is 23.4 Å². The maximum absolute atomic E-state index is 13.2. The lowest BCUT2D eigenvalue weighted by molar-refractivity contribution is -0.133. The Morgan fingerprint density at radius 2 is 1.92 bits per heavy atom. The van der Waals surface area contributed by atoms with Crippen LogP contribution in [0.1, 0.15) is 59.1 Å². The summed E-state index contributed by atoms with van der Waals surface area (Å²) in [5.41, 5.74) is 2.84. The number of aromatic nitrogens is 2. The highest BCUT2D eigenvalue weighted by Crippen LogP contribution is 2.30. The lowest BCUT2D eigenvalue weighted by atomic mass is 9.89. The Bertz CT molecular complexity index is 1190. The molecular weight excluding hydrogens is 458 g/mol. The van der Waals surface area contributed by atoms with Gasteiger partial charge in [-0.2, -0.15) is 0 Å². The first kappa shape index (κ1) is 25.1. The van der Waals surface area contributed by atoms with Gasteiger partial charge in [-0.1, -0.05) is 0 Å². The zero-order valence-electron chi connectivity index (χ0n) is 20.6. The highest BCUT2D eigenvalue weighted by Gasteiger charge is 2.29. The van der Waals surface area contributed by atoms with Gasteiger partial charge in [0.05, 0.1) is 35.9 Å². The Morgan fingerprint density at radius 3 is 2.61 bits per heavy atom. The third-order valence-corrected chi connectivity index (χ3v) is 6.36. The number of hydrogen-bond acceptors (Lipinski definition) is 6. The van der Waals surface area contributed by atoms with Crippen LogP contribution < -0.4 is 5.32 Å². The third kappa shape index (κ3) is 6.35. The molecule has 3 amide bonds. The van der Waals surface area contributed by atoms with Gasteiger partial charge in [0.15, 0.2) is 0 Å². The second-order valence-electron chi connectivity index (χ2n) is 9.07. The maximum atomic E-state index is 13.2. The quantitative estimate of drug-likeness (QED) is 0.516. The summed E-state index contributed by atoms with van der Waals surface area (Å²) in [6, 6.07) is 10.8. The number of hydrogen-bond donors (Lipinski definition) is 1. The van der Waals surface area contributed by atoms with E-state index in [1.165, 1.54) is 0 Å². The van der Waals surface area contributed by atoms with Crippen LogP contribution in [-0.4, -0.2) is 57.6 Å². The van der Waals surface area contributed by atoms with Gasteiger partial charge in [-0.15, -0.1) is 0 Å². The summed E-state index contributed by atoms with van der Waals surface area (Å²) in [5, 5.41) is 2.75. The molecule has 1 N–H and O–H groups in total. The minimum absolute atomic E-state index is 0.0403. The van der Waals surface area contributed by atoms with E-state index in [2.05, 4.69) is 10.3 Å². The van der Waals surface area contributed by atoms with E-state index in [0.29, 0.717) is 49.5 Å². The van der Waals surface area contributed by atoms with Gasteiger partial charge in [-0.3, -0.25) is 24.4 Å². The zero-order valence-corrected chi connectivity index (χ0v) is 20.6. The van der Waals surface area contributed by atoms with E-state index in [4.69, 9.17) is 9.40 Å². The van der Waals surface area contributed by atoms with Crippen LogP contribution in [-0.2, 0) is 16.1 Å². The molecule has 3 aromatic heterocycles. The molecule has 0 saturated carbocycles. The Morgan fingerprint density at radius 1 is 1.11 bits per heavy atom. The SMILES string of the molecule is Cc1ccc(C(=O)N(C)Cc2ccco2)c(C2CCN(C(=O)CCC(=O)Nc3cccnc3)CC2)n1. The van der Waals surface area contributed by atoms with Crippen molar-refractivity contribution in [1.29, 1.82) is 0 Å². The van der Waals surface area contributed by atoms with E-state index in [-0.39, 0.29) is 36.5 Å². The normalized spacial score (nSPS) is 13.9. The van der Waals surface area contributed by atoms with Gasteiger partial charge in [-0.05, 0) is 56.2 Å². The number of nitrogens with zero attached hydrogens (tertiary/aromatic N) is 4. The highest BCUT2D eigenvalue weighted by molar-refractivity contribution is 5.95. The molecule has 4 heterocycles. The molecule has 3 aromatic rings. The van der Waals surface area contributed by atoms with Crippen LogP contribution in [0.4, 0.5) is 5.69 Å². The van der Waals surface area contributed by atoms with Crippen molar-refractivity contribution in [1.82, 2.24) is 19.8 Å². The van der Waals surface area contributed by atoms with Gasteiger partial charge in [0.2, 0.25) is 11.8 Å². The van der Waals surface area contributed by atoms with Crippen LogP contribution >= 0.6 is 0 Å². The standard InChI is InChI=1S/C27H31N5O4/c1-19-7-8-23(27(35)31(2)18-22-6-4-16-36-22)26(29-19)20-11-14-32(15-12-20)25(34)10-9-24(33)30-21-5-3-13-28-17-21/h3-8,13,16-17,20H,9-12,14-15,18H2,1-2H3,(H,30,33). The van der Waals surface area contributed by atoms with E-state index < -0.39 is 0 Å². The average molecular weight is 490 g/mol. The van der Waals surface area contributed by atoms with Crippen LogP contribution in [0.25, 0.3) is 0 Å². The number of aryl methyl sites for hydroxylation is 1. The van der Waals surface area contributed by atoms with E-state index in [1.54, 1.807) is 53.7 Å². The molecular formula is C27H31N5O4. The number of rotatable bonds is 8. The van der Waals surface area contributed by atoms with Gasteiger partial charge in [0, 0.05) is 50.8 Å². The van der Waals surface area contributed by atoms with Crippen LogP contribution in [0, 0.1) is 6.92 Å². The van der Waals surface area contributed by atoms with E-state index >= 15 is 0 Å². The van der Waals surface area contributed by atoms with Gasteiger partial charge < -0.3 is 19.5 Å². The molecule has 0 spiro atoms. The second-order valence-corrected chi connectivity index (χ2v) is 9.07. The Balaban J connectivity index is 1.32. The van der Waals surface area contributed by atoms with E-state index in [1.807, 2.05) is 25.1 Å². The van der Waals surface area contributed by atoms with Crippen LogP contribution in [0.2, 0.25) is 0 Å². The van der Waals surface area contributed by atoms with Crippen LogP contribution in [0.15, 0.2) is 59.5 Å². The molecule has 9 nitrogen and oxygen atoms in total. The van der Waals surface area contributed by atoms with Crippen molar-refractivity contribution in [2.24, 2.45) is 0 Å². The van der Waals surface area contributed by atoms with Crippen molar-refractivity contribution in [3.8, 4) is 0 Å². The van der Waals surface area contributed by atoms with Crippen molar-refractivity contribution < 1.29 is 18.8 Å². The molecule has 0 atom stereocenters. The van der Waals surface area contributed by atoms with Gasteiger partial charge >= 0.3 is 0 Å². The number of piperidine rings is 1. The number of pyridine rings is 2. The molecule has 1 aliphatic heterocycles. The minimum atomic E-state index is -0.211. The molecule has 0 aromatic carbocycles. The number of furan rings is 1. The fourth-order valence-electron chi connectivity index (χ4n) is 4.42. The average Bonchev–Trinajstić information content (AvgIpc) is 3.40. The van der Waals surface area contributed by atoms with Crippen molar-refractivity contribution in [3.05, 3.63) is 77.8 Å². The molecule has 1 saturated heterocycles. The molecule has 0 radical (unpaired) electrons. The predicted octanol–water partition coefficient (Wildman–Crippen LogP) is 3.78. The van der Waals surface area contributed by atoms with Crippen LogP contribution in [0.5, 0.6) is 0 Å². The van der Waals surface area contributed by atoms with Crippen molar-refractivity contribution in [2.45, 2.75) is 45.1 Å². The lowest BCUT2D eigenvalue weighted by Crippen LogP contribution is -2.39. The molecule has 188 valence electrons. The molecule has 4 rings (SSSR count). The van der Waals surface area contributed by atoms with E-state index in [9.17, 15) is 14.4 Å². The lowest BCUT2D eigenvalue weighted by Gasteiger charge is -2.33. The summed E-state index contributed by atoms with van der Waals surface area (Å²) >= 11 is 0. The number of amides is 3. The van der Waals surface area contributed by atoms with Gasteiger partial charge in [0.1, 0.15) is 5.76 Å². The first-order chi connectivity index (χ1) is 17.4. The Kier molecular flexibility index (Phi) is 8.10. The number of nitrogens with one attached hydrogen (secondary N) is 1. The number of carbonyl (C=O) groups is 3. The van der Waals surface area contributed by atoms with Crippen LogP contribution in [0.3, 0.4) is 0 Å². The fraction of sp³-hybridized carbons (Fsp3) is 0.370. The molecule has 0 aliphatic carbocycles. The fourth-order valence-corrected chi connectivity index (χ4v) is 4.42. The number of anilines is 1. The third-order valence-electron chi connectivity index (χ3n) is 6.36. The molecule has 0 bridgehead atoms. The molecule has 0 unspecified atom stereocenters. The molecule has 36 heavy (non-hydrogen) atoms. The zero-order chi connectivity index (χ0) is 25.5. The number of carbonyl (C=O) groups excluding carboxylic acids is 3. The summed E-state index contributed by atoms with van der Waals surface area (Å²) in [6.45, 7) is 3.43. The van der Waals surface area contributed by atoms with Crippen molar-refractivity contribution in [3.63, 3.8) is 0 Å². The minimum Gasteiger partial charge on any atom is -0.467 e. The Labute approximate surface area is 210 Å². The monoisotopic (exact) mass is 489 g/mol. The smallest absolute Gasteiger partial charge is 0.255 e. The second kappa shape index (κ2) is 11.6. The van der Waals surface area contributed by atoms with Gasteiger partial charge in [-0.25, -0.2) is 0 Å². The van der Waals surface area contributed by atoms with Gasteiger partial charge in [0.25, 0.3) is 5.91 Å². The van der Waals surface area contributed by atoms with E-state index in [0.717, 1.165) is 11.4 Å². The predicted molar refractivity (Wildman–Crippen MR) is 134 cm³/mol. The molecule has 9 heteroatoms. The summed E-state index contributed by atoms with van der Waals surface area (Å²) in [5.74, 6) is 0.442. The summed E-state index contributed by atoms with van der Waals surface area (Å²) in [7, 11) is 1.75. The summed E-state index contributed by atoms with van der Waals surface area (Å²) < 4.78 is 5.38. The first-order valence-corrected chi connectivity index (χ1v) is 12.1. The first-order valence-electron chi connectivity index (χ1n) is 12.1. The summed E-state index contributed by atoms with van der Waals surface area (Å²) in [4.78, 5) is 50.2. The highest BCUT2D eigenvalue weighted by atomic mass is 16.3. The molecule has 1 aliphatic rings. The Hall–Kier alpha value is -4.01. The topological polar surface area (TPSA) is 109 Å². The summed E-state index contributed by atoms with van der Waals surface area (Å²) in [6.07, 6.45) is 6.49.